The number of halogens is 1. The van der Waals surface area contributed by atoms with Crippen molar-refractivity contribution in [2.24, 2.45) is 0 Å². The van der Waals surface area contributed by atoms with E-state index in [9.17, 15) is 17.6 Å². The molecule has 1 atom stereocenters. The second kappa shape index (κ2) is 7.66. The standard InChI is InChI=1S/C20H26FN3O3S/c1-20(2,3)17-12-18(24(23-17)16-9-10-28(26,27)13-16)22-19(25)8-7-14-5-4-6-15(21)11-14/h4-6,11-12,16H,7-10,13H2,1-3H3,(H,22,25). The highest BCUT2D eigenvalue weighted by molar-refractivity contribution is 7.91. The van der Waals surface area contributed by atoms with E-state index in [0.29, 0.717) is 18.7 Å². The van der Waals surface area contributed by atoms with Crippen LogP contribution in [0.5, 0.6) is 0 Å². The molecule has 1 aromatic carbocycles. The molecule has 8 heteroatoms. The Morgan fingerprint density at radius 3 is 2.68 bits per heavy atom. The molecule has 28 heavy (non-hydrogen) atoms. The van der Waals surface area contributed by atoms with Gasteiger partial charge >= 0.3 is 0 Å². The third-order valence-electron chi connectivity index (χ3n) is 4.86. The molecule has 1 unspecified atom stereocenters. The van der Waals surface area contributed by atoms with Crippen LogP contribution in [-0.4, -0.2) is 35.6 Å². The highest BCUT2D eigenvalue weighted by Crippen LogP contribution is 2.31. The SMILES string of the molecule is CC(C)(C)c1cc(NC(=O)CCc2cccc(F)c2)n(C2CCS(=O)(=O)C2)n1. The molecule has 1 aliphatic rings. The zero-order valence-corrected chi connectivity index (χ0v) is 17.2. The molecule has 152 valence electrons. The maximum absolute atomic E-state index is 13.3. The van der Waals surface area contributed by atoms with Crippen LogP contribution in [0.25, 0.3) is 0 Å². The molecule has 6 nitrogen and oxygen atoms in total. The fourth-order valence-corrected chi connectivity index (χ4v) is 4.95. The second-order valence-corrected chi connectivity index (χ2v) is 10.6. The molecule has 0 saturated carbocycles. The Bertz CT molecular complexity index is 977. The highest BCUT2D eigenvalue weighted by Gasteiger charge is 2.32. The number of aryl methyl sites for hydroxylation is 1. The van der Waals surface area contributed by atoms with Gasteiger partial charge in [0.1, 0.15) is 11.6 Å². The van der Waals surface area contributed by atoms with Crippen LogP contribution in [0.15, 0.2) is 30.3 Å². The van der Waals surface area contributed by atoms with E-state index in [2.05, 4.69) is 10.4 Å². The summed E-state index contributed by atoms with van der Waals surface area (Å²) in [5.74, 6) is 0.135. The van der Waals surface area contributed by atoms with Crippen molar-refractivity contribution in [1.82, 2.24) is 9.78 Å². The quantitative estimate of drug-likeness (QED) is 0.825. The van der Waals surface area contributed by atoms with Crippen molar-refractivity contribution < 1.29 is 17.6 Å². The molecule has 1 amide bonds. The molecule has 0 radical (unpaired) electrons. The van der Waals surface area contributed by atoms with Crippen molar-refractivity contribution in [2.45, 2.75) is 51.5 Å². The summed E-state index contributed by atoms with van der Waals surface area (Å²) in [7, 11) is -3.07. The number of nitrogens with one attached hydrogen (secondary N) is 1. The van der Waals surface area contributed by atoms with E-state index >= 15 is 0 Å². The van der Waals surface area contributed by atoms with Crippen LogP contribution in [0.2, 0.25) is 0 Å². The zero-order chi connectivity index (χ0) is 20.5. The van der Waals surface area contributed by atoms with Crippen LogP contribution in [0.4, 0.5) is 10.2 Å². The summed E-state index contributed by atoms with van der Waals surface area (Å²) >= 11 is 0. The Morgan fingerprint density at radius 2 is 2.07 bits per heavy atom. The van der Waals surface area contributed by atoms with E-state index in [1.54, 1.807) is 16.8 Å². The van der Waals surface area contributed by atoms with Gasteiger partial charge in [0.05, 0.1) is 23.2 Å². The van der Waals surface area contributed by atoms with Crippen molar-refractivity contribution in [3.63, 3.8) is 0 Å². The van der Waals surface area contributed by atoms with E-state index in [-0.39, 0.29) is 41.1 Å². The number of sulfone groups is 1. The zero-order valence-electron chi connectivity index (χ0n) is 16.4. The van der Waals surface area contributed by atoms with Crippen molar-refractivity contribution in [2.75, 3.05) is 16.8 Å². The summed E-state index contributed by atoms with van der Waals surface area (Å²) in [6.45, 7) is 6.04. The van der Waals surface area contributed by atoms with Gasteiger partial charge in [-0.05, 0) is 30.5 Å². The molecule has 1 fully saturated rings. The van der Waals surface area contributed by atoms with Gasteiger partial charge in [0, 0.05) is 17.9 Å². The lowest BCUT2D eigenvalue weighted by Gasteiger charge is -2.15. The smallest absolute Gasteiger partial charge is 0.225 e. The van der Waals surface area contributed by atoms with Gasteiger partial charge in [-0.1, -0.05) is 32.9 Å². The molecule has 0 aliphatic carbocycles. The second-order valence-electron chi connectivity index (χ2n) is 8.34. The minimum atomic E-state index is -3.07. The fourth-order valence-electron chi connectivity index (χ4n) is 3.26. The molecule has 0 spiro atoms. The van der Waals surface area contributed by atoms with Crippen LogP contribution in [0.3, 0.4) is 0 Å². The summed E-state index contributed by atoms with van der Waals surface area (Å²) < 4.78 is 38.7. The highest BCUT2D eigenvalue weighted by atomic mass is 32.2. The summed E-state index contributed by atoms with van der Waals surface area (Å²) in [6.07, 6.45) is 1.10. The molecule has 1 aliphatic heterocycles. The number of benzene rings is 1. The lowest BCUT2D eigenvalue weighted by atomic mass is 9.92. The number of hydrogen-bond donors (Lipinski definition) is 1. The Morgan fingerprint density at radius 1 is 1.32 bits per heavy atom. The third-order valence-corrected chi connectivity index (χ3v) is 6.61. The number of hydrogen-bond acceptors (Lipinski definition) is 4. The van der Waals surface area contributed by atoms with Crippen LogP contribution >= 0.6 is 0 Å². The minimum absolute atomic E-state index is 0.0322. The fraction of sp³-hybridized carbons (Fsp3) is 0.500. The monoisotopic (exact) mass is 407 g/mol. The molecule has 2 heterocycles. The first-order chi connectivity index (χ1) is 13.0. The van der Waals surface area contributed by atoms with Crippen molar-refractivity contribution >= 4 is 21.6 Å². The van der Waals surface area contributed by atoms with Gasteiger partial charge in [0.25, 0.3) is 0 Å². The Hall–Kier alpha value is -2.22. The first-order valence-electron chi connectivity index (χ1n) is 9.38. The normalized spacial score (nSPS) is 18.9. The molecule has 1 aromatic heterocycles. The number of aromatic nitrogens is 2. The Labute approximate surface area is 165 Å². The van der Waals surface area contributed by atoms with Gasteiger partial charge < -0.3 is 5.32 Å². The predicted octanol–water partition coefficient (Wildman–Crippen LogP) is 3.25. The van der Waals surface area contributed by atoms with E-state index < -0.39 is 9.84 Å². The summed E-state index contributed by atoms with van der Waals surface area (Å²) in [6, 6.07) is 7.71. The first-order valence-corrected chi connectivity index (χ1v) is 11.2. The number of rotatable bonds is 5. The van der Waals surface area contributed by atoms with E-state index in [0.717, 1.165) is 11.3 Å². The molecular formula is C20H26FN3O3S. The van der Waals surface area contributed by atoms with Crippen molar-refractivity contribution in [3.05, 3.63) is 47.4 Å². The van der Waals surface area contributed by atoms with Crippen LogP contribution in [0.1, 0.15) is 50.9 Å². The van der Waals surface area contributed by atoms with Gasteiger partial charge in [0.15, 0.2) is 9.84 Å². The minimum Gasteiger partial charge on any atom is -0.311 e. The lowest BCUT2D eigenvalue weighted by molar-refractivity contribution is -0.116. The maximum atomic E-state index is 13.3. The van der Waals surface area contributed by atoms with Crippen molar-refractivity contribution in [3.8, 4) is 0 Å². The van der Waals surface area contributed by atoms with Gasteiger partial charge in [-0.2, -0.15) is 5.10 Å². The number of nitrogens with zero attached hydrogens (tertiary/aromatic N) is 2. The summed E-state index contributed by atoms with van der Waals surface area (Å²) in [5, 5.41) is 7.46. The predicted molar refractivity (Wildman–Crippen MR) is 107 cm³/mol. The average Bonchev–Trinajstić information content (AvgIpc) is 3.16. The van der Waals surface area contributed by atoms with E-state index in [4.69, 9.17) is 0 Å². The maximum Gasteiger partial charge on any atom is 0.225 e. The van der Waals surface area contributed by atoms with Crippen LogP contribution in [-0.2, 0) is 26.5 Å². The molecule has 1 saturated heterocycles. The van der Waals surface area contributed by atoms with Gasteiger partial charge in [-0.25, -0.2) is 17.5 Å². The summed E-state index contributed by atoms with van der Waals surface area (Å²) in [4.78, 5) is 12.5. The Kier molecular flexibility index (Phi) is 5.61. The molecule has 0 bridgehead atoms. The largest absolute Gasteiger partial charge is 0.311 e. The van der Waals surface area contributed by atoms with E-state index in [1.807, 2.05) is 26.8 Å². The lowest BCUT2D eigenvalue weighted by Crippen LogP contribution is -2.20. The van der Waals surface area contributed by atoms with Gasteiger partial charge in [-0.15, -0.1) is 0 Å². The summed E-state index contributed by atoms with van der Waals surface area (Å²) in [5.41, 5.74) is 1.31. The average molecular weight is 408 g/mol. The van der Waals surface area contributed by atoms with Gasteiger partial charge in [-0.3, -0.25) is 4.79 Å². The van der Waals surface area contributed by atoms with Crippen LogP contribution in [0, 0.1) is 5.82 Å². The third kappa shape index (κ3) is 4.98. The number of amides is 1. The molecule has 2 aromatic rings. The first kappa shape index (κ1) is 20.5. The van der Waals surface area contributed by atoms with Gasteiger partial charge in [0.2, 0.25) is 5.91 Å². The van der Waals surface area contributed by atoms with Crippen molar-refractivity contribution in [1.29, 1.82) is 0 Å². The number of carbonyl (C=O) groups is 1. The van der Waals surface area contributed by atoms with Crippen LogP contribution < -0.4 is 5.32 Å². The van der Waals surface area contributed by atoms with E-state index in [1.165, 1.54) is 12.1 Å². The molecule has 1 N–H and O–H groups in total. The number of anilines is 1. The molecular weight excluding hydrogens is 381 g/mol. The number of carbonyl (C=O) groups excluding carboxylic acids is 1. The topological polar surface area (TPSA) is 81.1 Å². The molecule has 3 rings (SSSR count). The Balaban J connectivity index is 1.76.